The van der Waals surface area contributed by atoms with Crippen LogP contribution in [0.5, 0.6) is 0 Å². The van der Waals surface area contributed by atoms with Gasteiger partial charge in [-0.2, -0.15) is 0 Å². The van der Waals surface area contributed by atoms with E-state index in [0.717, 1.165) is 39.0 Å². The summed E-state index contributed by atoms with van der Waals surface area (Å²) in [7, 11) is 0. The lowest BCUT2D eigenvalue weighted by Gasteiger charge is -2.37. The zero-order chi connectivity index (χ0) is 11.3. The van der Waals surface area contributed by atoms with Crippen molar-refractivity contribution in [2.45, 2.75) is 45.6 Å². The highest BCUT2D eigenvalue weighted by atomic mass is 16.3. The van der Waals surface area contributed by atoms with E-state index in [-0.39, 0.29) is 11.5 Å². The average Bonchev–Trinajstić information content (AvgIpc) is 2.22. The number of piperidine rings is 1. The molecule has 0 radical (unpaired) electrons. The van der Waals surface area contributed by atoms with E-state index in [1.165, 1.54) is 12.8 Å². The van der Waals surface area contributed by atoms with Gasteiger partial charge in [-0.1, -0.05) is 20.3 Å². The first-order chi connectivity index (χ1) is 7.09. The Morgan fingerprint density at radius 2 is 2.00 bits per heavy atom. The SMILES string of the molecule is CCCC(C)(CN)CN1CCC(O)CC1. The van der Waals surface area contributed by atoms with Crippen molar-refractivity contribution < 1.29 is 5.11 Å². The third-order valence-electron chi connectivity index (χ3n) is 3.51. The number of hydrogen-bond acceptors (Lipinski definition) is 3. The molecule has 0 saturated carbocycles. The van der Waals surface area contributed by atoms with Crippen LogP contribution in [0.15, 0.2) is 0 Å². The van der Waals surface area contributed by atoms with E-state index >= 15 is 0 Å². The molecule has 0 aromatic rings. The summed E-state index contributed by atoms with van der Waals surface area (Å²) < 4.78 is 0. The first kappa shape index (κ1) is 12.9. The number of likely N-dealkylation sites (tertiary alicyclic amines) is 1. The monoisotopic (exact) mass is 214 g/mol. The van der Waals surface area contributed by atoms with Crippen LogP contribution in [-0.4, -0.2) is 42.3 Å². The van der Waals surface area contributed by atoms with Crippen LogP contribution in [0.3, 0.4) is 0 Å². The smallest absolute Gasteiger partial charge is 0.0564 e. The van der Waals surface area contributed by atoms with Crippen molar-refractivity contribution in [3.63, 3.8) is 0 Å². The Balaban J connectivity index is 2.38. The van der Waals surface area contributed by atoms with E-state index in [2.05, 4.69) is 18.7 Å². The predicted molar refractivity (Wildman–Crippen MR) is 63.8 cm³/mol. The van der Waals surface area contributed by atoms with Crippen molar-refractivity contribution in [2.24, 2.45) is 11.1 Å². The Kier molecular flexibility index (Phi) is 5.03. The number of hydrogen-bond donors (Lipinski definition) is 2. The fourth-order valence-electron chi connectivity index (χ4n) is 2.47. The minimum Gasteiger partial charge on any atom is -0.393 e. The molecule has 0 aliphatic carbocycles. The minimum absolute atomic E-state index is 0.0726. The fourth-order valence-corrected chi connectivity index (χ4v) is 2.47. The van der Waals surface area contributed by atoms with Gasteiger partial charge in [0.05, 0.1) is 6.10 Å². The quantitative estimate of drug-likeness (QED) is 0.723. The first-order valence-electron chi connectivity index (χ1n) is 6.20. The van der Waals surface area contributed by atoms with E-state index in [1.54, 1.807) is 0 Å². The molecule has 0 aromatic carbocycles. The van der Waals surface area contributed by atoms with Crippen LogP contribution < -0.4 is 5.73 Å². The molecule has 1 aliphatic rings. The number of aliphatic hydroxyl groups is 1. The van der Waals surface area contributed by atoms with Crippen molar-refractivity contribution in [3.8, 4) is 0 Å². The van der Waals surface area contributed by atoms with Crippen molar-refractivity contribution in [3.05, 3.63) is 0 Å². The molecule has 0 spiro atoms. The third kappa shape index (κ3) is 4.09. The largest absolute Gasteiger partial charge is 0.393 e. The highest BCUT2D eigenvalue weighted by Crippen LogP contribution is 2.24. The van der Waals surface area contributed by atoms with Gasteiger partial charge in [-0.3, -0.25) is 0 Å². The lowest BCUT2D eigenvalue weighted by Crippen LogP contribution is -2.44. The van der Waals surface area contributed by atoms with Crippen LogP contribution in [0.25, 0.3) is 0 Å². The molecule has 3 heteroatoms. The molecule has 1 heterocycles. The Labute approximate surface area is 93.6 Å². The first-order valence-corrected chi connectivity index (χ1v) is 6.20. The highest BCUT2D eigenvalue weighted by Gasteiger charge is 2.26. The van der Waals surface area contributed by atoms with Gasteiger partial charge in [-0.05, 0) is 31.2 Å². The molecule has 1 aliphatic heterocycles. The summed E-state index contributed by atoms with van der Waals surface area (Å²) in [6.45, 7) is 8.40. The van der Waals surface area contributed by atoms with Crippen molar-refractivity contribution >= 4 is 0 Å². The summed E-state index contributed by atoms with van der Waals surface area (Å²) >= 11 is 0. The molecule has 1 rings (SSSR count). The van der Waals surface area contributed by atoms with Gasteiger partial charge in [0.1, 0.15) is 0 Å². The summed E-state index contributed by atoms with van der Waals surface area (Å²) in [5, 5.41) is 9.43. The normalized spacial score (nSPS) is 24.0. The van der Waals surface area contributed by atoms with E-state index in [4.69, 9.17) is 5.73 Å². The molecule has 1 atom stereocenters. The number of nitrogens with two attached hydrogens (primary N) is 1. The lowest BCUT2D eigenvalue weighted by molar-refractivity contribution is 0.0593. The minimum atomic E-state index is -0.0726. The molecule has 3 nitrogen and oxygen atoms in total. The predicted octanol–water partition coefficient (Wildman–Crippen LogP) is 1.21. The molecule has 3 N–H and O–H groups in total. The maximum atomic E-state index is 9.43. The third-order valence-corrected chi connectivity index (χ3v) is 3.51. The Morgan fingerprint density at radius 3 is 2.47 bits per heavy atom. The highest BCUT2D eigenvalue weighted by molar-refractivity contribution is 4.81. The van der Waals surface area contributed by atoms with Crippen LogP contribution in [0.1, 0.15) is 39.5 Å². The van der Waals surface area contributed by atoms with Gasteiger partial charge in [-0.25, -0.2) is 0 Å². The summed E-state index contributed by atoms with van der Waals surface area (Å²) in [5.74, 6) is 0. The van der Waals surface area contributed by atoms with E-state index < -0.39 is 0 Å². The number of nitrogens with zero attached hydrogens (tertiary/aromatic N) is 1. The van der Waals surface area contributed by atoms with Gasteiger partial charge in [0.25, 0.3) is 0 Å². The van der Waals surface area contributed by atoms with Gasteiger partial charge in [0.15, 0.2) is 0 Å². The molecule has 15 heavy (non-hydrogen) atoms. The molecular formula is C12H26N2O. The molecule has 0 aromatic heterocycles. The average molecular weight is 214 g/mol. The Hall–Kier alpha value is -0.120. The summed E-state index contributed by atoms with van der Waals surface area (Å²) in [6, 6.07) is 0. The van der Waals surface area contributed by atoms with Crippen molar-refractivity contribution in [1.82, 2.24) is 4.90 Å². The van der Waals surface area contributed by atoms with E-state index in [9.17, 15) is 5.11 Å². The molecule has 1 saturated heterocycles. The summed E-state index contributed by atoms with van der Waals surface area (Å²) in [4.78, 5) is 2.45. The van der Waals surface area contributed by atoms with E-state index in [0.29, 0.717) is 0 Å². The maximum absolute atomic E-state index is 9.43. The Bertz CT molecular complexity index is 178. The van der Waals surface area contributed by atoms with Crippen LogP contribution in [0, 0.1) is 5.41 Å². The van der Waals surface area contributed by atoms with Gasteiger partial charge in [0, 0.05) is 19.6 Å². The van der Waals surface area contributed by atoms with Crippen LogP contribution in [0.4, 0.5) is 0 Å². The zero-order valence-electron chi connectivity index (χ0n) is 10.2. The molecule has 1 unspecified atom stereocenters. The van der Waals surface area contributed by atoms with Gasteiger partial charge < -0.3 is 15.7 Å². The standard InChI is InChI=1S/C12H26N2O/c1-3-6-12(2,9-13)10-14-7-4-11(15)5-8-14/h11,15H,3-10,13H2,1-2H3. The van der Waals surface area contributed by atoms with Crippen molar-refractivity contribution in [1.29, 1.82) is 0 Å². The topological polar surface area (TPSA) is 49.5 Å². The Morgan fingerprint density at radius 1 is 1.40 bits per heavy atom. The second kappa shape index (κ2) is 5.83. The van der Waals surface area contributed by atoms with Crippen LogP contribution in [-0.2, 0) is 0 Å². The molecule has 1 fully saturated rings. The summed E-state index contributed by atoms with van der Waals surface area (Å²) in [6.07, 6.45) is 4.17. The van der Waals surface area contributed by atoms with Gasteiger partial charge in [-0.15, -0.1) is 0 Å². The maximum Gasteiger partial charge on any atom is 0.0564 e. The van der Waals surface area contributed by atoms with Gasteiger partial charge >= 0.3 is 0 Å². The molecule has 0 bridgehead atoms. The second-order valence-electron chi connectivity index (χ2n) is 5.27. The van der Waals surface area contributed by atoms with Crippen LogP contribution >= 0.6 is 0 Å². The molecular weight excluding hydrogens is 188 g/mol. The fraction of sp³-hybridized carbons (Fsp3) is 1.00. The number of rotatable bonds is 5. The zero-order valence-corrected chi connectivity index (χ0v) is 10.2. The molecule has 0 amide bonds. The lowest BCUT2D eigenvalue weighted by atomic mass is 9.84. The van der Waals surface area contributed by atoms with Crippen LogP contribution in [0.2, 0.25) is 0 Å². The summed E-state index contributed by atoms with van der Waals surface area (Å²) in [5.41, 5.74) is 6.12. The van der Waals surface area contributed by atoms with Crippen molar-refractivity contribution in [2.75, 3.05) is 26.2 Å². The second-order valence-corrected chi connectivity index (χ2v) is 5.27. The molecule has 90 valence electrons. The number of aliphatic hydroxyl groups excluding tert-OH is 1. The van der Waals surface area contributed by atoms with E-state index in [1.807, 2.05) is 0 Å². The van der Waals surface area contributed by atoms with Gasteiger partial charge in [0.2, 0.25) is 0 Å².